The van der Waals surface area contributed by atoms with Crippen molar-refractivity contribution in [1.29, 1.82) is 0 Å². The number of halogens is 8. The molecule has 18 heteroatoms. The first kappa shape index (κ1) is 40.4. The summed E-state index contributed by atoms with van der Waals surface area (Å²) >= 11 is 5.42. The molecule has 0 saturated carbocycles. The molecule has 6 aromatic rings. The van der Waals surface area contributed by atoms with Gasteiger partial charge in [0.25, 0.3) is 0 Å². The number of hydrogen-bond donors (Lipinski definition) is 2. The van der Waals surface area contributed by atoms with Crippen LogP contribution in [0, 0.1) is 60.4 Å². The Bertz CT molecular complexity index is 2740. The number of fused-ring (bicyclic) bond motifs is 6. The predicted octanol–water partition coefficient (Wildman–Crippen LogP) is 10.2. The molecule has 0 radical (unpaired) electrons. The van der Waals surface area contributed by atoms with Crippen molar-refractivity contribution in [2.45, 2.75) is 19.4 Å². The molecule has 6 aromatic carbocycles. The molecule has 0 saturated heterocycles. The smallest absolute Gasteiger partial charge is 0.343 e. The maximum Gasteiger partial charge on any atom is 0.343 e. The van der Waals surface area contributed by atoms with E-state index in [1.807, 2.05) is 50.2 Å². The van der Waals surface area contributed by atoms with Gasteiger partial charge in [-0.1, -0.05) is 30.3 Å². The molecule has 2 aliphatic rings. The van der Waals surface area contributed by atoms with Gasteiger partial charge >= 0.3 is 17.9 Å². The Morgan fingerprint density at radius 3 is 1.49 bits per heavy atom. The van der Waals surface area contributed by atoms with E-state index in [4.69, 9.17) is 21.7 Å². The van der Waals surface area contributed by atoms with Crippen LogP contribution < -0.4 is 24.8 Å². The summed E-state index contributed by atoms with van der Waals surface area (Å²) in [5.41, 5.74) is 0.450. The number of hydrogen-bond acceptors (Lipinski definition) is 8. The fraction of sp³-hybridized carbons (Fsp3) is 0.0698. The third kappa shape index (κ3) is 7.03. The number of ether oxygens (including phenoxy) is 4. The molecule has 0 bridgehead atoms. The van der Waals surface area contributed by atoms with Gasteiger partial charge < -0.3 is 29.6 Å². The first-order valence-corrected chi connectivity index (χ1v) is 18.0. The lowest BCUT2D eigenvalue weighted by molar-refractivity contribution is 0.0224. The van der Waals surface area contributed by atoms with Crippen LogP contribution >= 0.6 is 12.2 Å². The van der Waals surface area contributed by atoms with E-state index < -0.39 is 92.7 Å². The maximum absolute atomic E-state index is 14.4. The second kappa shape index (κ2) is 15.0. The quantitative estimate of drug-likeness (QED) is 0.0552. The number of aryl methyl sites for hydroxylation is 2. The third-order valence-corrected chi connectivity index (χ3v) is 9.77. The number of carbonyl (C=O) groups is 3. The second-order valence-corrected chi connectivity index (χ2v) is 14.1. The number of esters is 3. The minimum atomic E-state index is -2.09. The summed E-state index contributed by atoms with van der Waals surface area (Å²) in [7, 11) is 0. The van der Waals surface area contributed by atoms with E-state index in [0.717, 1.165) is 23.3 Å². The standard InChI is InChI=1S/C43H22F8N2O7S/c1-17-3-6-25-31(9-17)57-32-10-18(2)4-7-26(32)43(25)24-8-5-21(14-23(24)41(56)60-43)52-42(61)53-22-12-19(39(54)58-37-33(48)27(44)15-28(45)34(37)49)11-20(13-22)40(55)59-38-35(50)29(46)16-30(47)36(38)51/h3-16H,1-2H3,(H2,52,53,61). The molecule has 0 fully saturated rings. The number of thiocarbonyl (C=S) groups is 1. The van der Waals surface area contributed by atoms with Crippen LogP contribution in [0.25, 0.3) is 0 Å². The molecule has 308 valence electrons. The van der Waals surface area contributed by atoms with Gasteiger partial charge in [0.05, 0.1) is 16.7 Å². The van der Waals surface area contributed by atoms with E-state index in [-0.39, 0.29) is 34.2 Å². The average Bonchev–Trinajstić information content (AvgIpc) is 3.49. The van der Waals surface area contributed by atoms with Crippen LogP contribution in [-0.4, -0.2) is 23.0 Å². The molecule has 8 rings (SSSR count). The zero-order valence-corrected chi connectivity index (χ0v) is 31.7. The zero-order valence-electron chi connectivity index (χ0n) is 30.9. The van der Waals surface area contributed by atoms with Crippen LogP contribution in [0.5, 0.6) is 23.0 Å². The van der Waals surface area contributed by atoms with E-state index >= 15 is 0 Å². The highest BCUT2D eigenvalue weighted by atomic mass is 32.1. The monoisotopic (exact) mass is 862 g/mol. The highest BCUT2D eigenvalue weighted by molar-refractivity contribution is 7.80. The topological polar surface area (TPSA) is 112 Å². The Balaban J connectivity index is 1.12. The molecular weight excluding hydrogens is 841 g/mol. The van der Waals surface area contributed by atoms with Gasteiger partial charge in [0.15, 0.2) is 34.0 Å². The molecule has 2 heterocycles. The Labute approximate surface area is 343 Å². The van der Waals surface area contributed by atoms with Gasteiger partial charge in [-0.15, -0.1) is 0 Å². The maximum atomic E-state index is 14.4. The van der Waals surface area contributed by atoms with Gasteiger partial charge in [0.2, 0.25) is 34.8 Å². The number of rotatable bonds is 6. The van der Waals surface area contributed by atoms with Crippen molar-refractivity contribution >= 4 is 46.6 Å². The molecule has 0 atom stereocenters. The highest BCUT2D eigenvalue weighted by Crippen LogP contribution is 2.56. The minimum Gasteiger partial charge on any atom is -0.456 e. The molecule has 0 aromatic heterocycles. The lowest BCUT2D eigenvalue weighted by Gasteiger charge is -2.36. The van der Waals surface area contributed by atoms with E-state index in [1.54, 1.807) is 12.1 Å². The molecule has 9 nitrogen and oxygen atoms in total. The number of benzene rings is 6. The van der Waals surface area contributed by atoms with Crippen molar-refractivity contribution < 1.29 is 68.5 Å². The van der Waals surface area contributed by atoms with Crippen molar-refractivity contribution in [3.63, 3.8) is 0 Å². The number of carbonyl (C=O) groups excluding carboxylic acids is 3. The fourth-order valence-electron chi connectivity index (χ4n) is 6.83. The van der Waals surface area contributed by atoms with Crippen molar-refractivity contribution in [1.82, 2.24) is 0 Å². The fourth-order valence-corrected chi connectivity index (χ4v) is 7.07. The van der Waals surface area contributed by atoms with Crippen molar-refractivity contribution in [2.24, 2.45) is 0 Å². The van der Waals surface area contributed by atoms with Gasteiger partial charge in [-0.2, -0.15) is 17.6 Å². The van der Waals surface area contributed by atoms with Crippen LogP contribution in [0.1, 0.15) is 58.9 Å². The Kier molecular flexibility index (Phi) is 9.97. The summed E-state index contributed by atoms with van der Waals surface area (Å²) in [4.78, 5) is 40.0. The molecule has 0 unspecified atom stereocenters. The van der Waals surface area contributed by atoms with E-state index in [0.29, 0.717) is 34.3 Å². The van der Waals surface area contributed by atoms with Gasteiger partial charge in [-0.25, -0.2) is 31.9 Å². The zero-order chi connectivity index (χ0) is 43.7. The minimum absolute atomic E-state index is 0.143. The van der Waals surface area contributed by atoms with Crippen LogP contribution in [-0.2, 0) is 10.3 Å². The Morgan fingerprint density at radius 1 is 0.574 bits per heavy atom. The van der Waals surface area contributed by atoms with Crippen LogP contribution in [0.2, 0.25) is 0 Å². The lowest BCUT2D eigenvalue weighted by Crippen LogP contribution is -2.33. The van der Waals surface area contributed by atoms with E-state index in [2.05, 4.69) is 20.1 Å². The number of nitrogens with one attached hydrogen (secondary N) is 2. The molecule has 1 spiro atoms. The largest absolute Gasteiger partial charge is 0.456 e. The van der Waals surface area contributed by atoms with Gasteiger partial charge in [-0.3, -0.25) is 0 Å². The number of anilines is 2. The Hall–Kier alpha value is -7.34. The summed E-state index contributed by atoms with van der Waals surface area (Å²) < 4.78 is 135. The van der Waals surface area contributed by atoms with Crippen molar-refractivity contribution in [3.05, 3.63) is 176 Å². The van der Waals surface area contributed by atoms with Crippen molar-refractivity contribution in [3.8, 4) is 23.0 Å². The summed E-state index contributed by atoms with van der Waals surface area (Å²) in [6, 6.07) is 17.7. The molecule has 61 heavy (non-hydrogen) atoms. The lowest BCUT2D eigenvalue weighted by atomic mass is 9.77. The van der Waals surface area contributed by atoms with Crippen molar-refractivity contribution in [2.75, 3.05) is 10.6 Å². The summed E-state index contributed by atoms with van der Waals surface area (Å²) in [6.07, 6.45) is 0. The van der Waals surface area contributed by atoms with Crippen LogP contribution in [0.3, 0.4) is 0 Å². The second-order valence-electron chi connectivity index (χ2n) is 13.7. The van der Waals surface area contributed by atoms with Gasteiger partial charge in [-0.05, 0) is 79.7 Å². The van der Waals surface area contributed by atoms with Crippen LogP contribution in [0.4, 0.5) is 46.5 Å². The average molecular weight is 863 g/mol. The SMILES string of the molecule is Cc1ccc2c(c1)Oc1cc(C)ccc1C21OC(=O)c2cc(NC(=S)Nc3cc(C(=O)Oc4c(F)c(F)cc(F)c4F)cc(C(=O)Oc4c(F)c(F)cc(F)c4F)c3)ccc21. The molecule has 2 aliphatic heterocycles. The molecular formula is C43H22F8N2O7S. The highest BCUT2D eigenvalue weighted by Gasteiger charge is 2.53. The molecule has 0 amide bonds. The summed E-state index contributed by atoms with van der Waals surface area (Å²) in [5, 5.41) is 5.11. The van der Waals surface area contributed by atoms with E-state index in [1.165, 1.54) is 6.07 Å². The van der Waals surface area contributed by atoms with Gasteiger partial charge in [0, 0.05) is 40.2 Å². The summed E-state index contributed by atoms with van der Waals surface area (Å²) in [5.74, 6) is -22.9. The predicted molar refractivity (Wildman–Crippen MR) is 203 cm³/mol. The first-order chi connectivity index (χ1) is 28.9. The third-order valence-electron chi connectivity index (χ3n) is 9.57. The van der Waals surface area contributed by atoms with E-state index in [9.17, 15) is 49.5 Å². The molecule has 2 N–H and O–H groups in total. The van der Waals surface area contributed by atoms with Crippen LogP contribution in [0.15, 0.2) is 84.9 Å². The Morgan fingerprint density at radius 2 is 1.02 bits per heavy atom. The summed E-state index contributed by atoms with van der Waals surface area (Å²) in [6.45, 7) is 3.77. The normalized spacial score (nSPS) is 13.0. The molecule has 0 aliphatic carbocycles. The first-order valence-electron chi connectivity index (χ1n) is 17.6. The van der Waals surface area contributed by atoms with Gasteiger partial charge in [0.1, 0.15) is 11.5 Å².